The summed E-state index contributed by atoms with van der Waals surface area (Å²) in [5.74, 6) is -2.11. The largest absolute Gasteiger partial charge is 0.481 e. The molecule has 0 spiro atoms. The second kappa shape index (κ2) is 3.37. The third-order valence-corrected chi connectivity index (χ3v) is 0.953. The van der Waals surface area contributed by atoms with Crippen molar-refractivity contribution in [1.29, 1.82) is 0 Å². The highest BCUT2D eigenvalue weighted by molar-refractivity contribution is 5.69. The number of hydrogen-bond donors (Lipinski definition) is 1. The summed E-state index contributed by atoms with van der Waals surface area (Å²) in [5, 5.41) is 8.10. The van der Waals surface area contributed by atoms with E-state index in [-0.39, 0.29) is 0 Å². The SMILES string of the molecule is C[C@H](CC(F)F)C(=O)O. The van der Waals surface area contributed by atoms with Crippen molar-refractivity contribution < 1.29 is 18.7 Å². The molecule has 0 radical (unpaired) electrons. The van der Waals surface area contributed by atoms with Crippen LogP contribution in [0.3, 0.4) is 0 Å². The summed E-state index contributed by atoms with van der Waals surface area (Å²) < 4.78 is 22.8. The number of rotatable bonds is 3. The van der Waals surface area contributed by atoms with E-state index in [4.69, 9.17) is 5.11 Å². The lowest BCUT2D eigenvalue weighted by atomic mass is 10.1. The Hall–Kier alpha value is -0.670. The van der Waals surface area contributed by atoms with Crippen LogP contribution in [0, 0.1) is 5.92 Å². The summed E-state index contributed by atoms with van der Waals surface area (Å²) in [6.07, 6.45) is -3.08. The molecule has 0 bridgehead atoms. The minimum absolute atomic E-state index is 0.560. The van der Waals surface area contributed by atoms with Gasteiger partial charge < -0.3 is 5.11 Å². The smallest absolute Gasteiger partial charge is 0.306 e. The Bertz CT molecular complexity index is 103. The molecule has 0 fully saturated rings. The van der Waals surface area contributed by atoms with Crippen molar-refractivity contribution in [3.63, 3.8) is 0 Å². The number of carboxylic acids is 1. The van der Waals surface area contributed by atoms with E-state index in [2.05, 4.69) is 0 Å². The highest BCUT2D eigenvalue weighted by atomic mass is 19.3. The predicted molar refractivity (Wildman–Crippen MR) is 27.4 cm³/mol. The van der Waals surface area contributed by atoms with E-state index in [1.807, 2.05) is 0 Å². The molecule has 0 aromatic heterocycles. The molecule has 1 atom stereocenters. The first-order valence-corrected chi connectivity index (χ1v) is 2.55. The lowest BCUT2D eigenvalue weighted by Gasteiger charge is -2.02. The Morgan fingerprint density at radius 2 is 2.11 bits per heavy atom. The van der Waals surface area contributed by atoms with Crippen molar-refractivity contribution in [2.45, 2.75) is 19.8 Å². The maximum absolute atomic E-state index is 11.4. The zero-order valence-electron chi connectivity index (χ0n) is 4.97. The number of carboxylic acid groups (broad SMARTS) is 1. The fourth-order valence-corrected chi connectivity index (χ4v) is 0.368. The van der Waals surface area contributed by atoms with Gasteiger partial charge in [-0.3, -0.25) is 4.79 Å². The van der Waals surface area contributed by atoms with Crippen LogP contribution in [0.2, 0.25) is 0 Å². The summed E-state index contributed by atoms with van der Waals surface area (Å²) in [5.41, 5.74) is 0. The molecule has 0 aromatic rings. The van der Waals surface area contributed by atoms with Gasteiger partial charge in [0.1, 0.15) is 0 Å². The molecule has 0 aliphatic rings. The molecule has 1 N–H and O–H groups in total. The average Bonchev–Trinajstić information content (AvgIpc) is 1.63. The fourth-order valence-electron chi connectivity index (χ4n) is 0.368. The molecule has 2 nitrogen and oxygen atoms in total. The van der Waals surface area contributed by atoms with E-state index in [1.54, 1.807) is 0 Å². The van der Waals surface area contributed by atoms with Gasteiger partial charge in [-0.25, -0.2) is 8.78 Å². The van der Waals surface area contributed by atoms with Gasteiger partial charge in [-0.05, 0) is 0 Å². The van der Waals surface area contributed by atoms with Gasteiger partial charge in [0.2, 0.25) is 6.43 Å². The van der Waals surface area contributed by atoms with Gasteiger partial charge in [0, 0.05) is 6.42 Å². The van der Waals surface area contributed by atoms with Gasteiger partial charge >= 0.3 is 5.97 Å². The molecule has 0 aliphatic carbocycles. The summed E-state index contributed by atoms with van der Waals surface area (Å²) >= 11 is 0. The first-order valence-electron chi connectivity index (χ1n) is 2.55. The summed E-state index contributed by atoms with van der Waals surface area (Å²) in [6.45, 7) is 1.26. The van der Waals surface area contributed by atoms with Gasteiger partial charge in [-0.2, -0.15) is 0 Å². The summed E-state index contributed by atoms with van der Waals surface area (Å²) in [6, 6.07) is 0. The zero-order chi connectivity index (χ0) is 7.44. The molecular formula is C5H8F2O2. The number of hydrogen-bond acceptors (Lipinski definition) is 1. The Labute approximate surface area is 51.5 Å². The van der Waals surface area contributed by atoms with Crippen LogP contribution >= 0.6 is 0 Å². The summed E-state index contributed by atoms with van der Waals surface area (Å²) in [7, 11) is 0. The molecule has 0 unspecified atom stereocenters. The number of alkyl halides is 2. The quantitative estimate of drug-likeness (QED) is 0.639. The van der Waals surface area contributed by atoms with E-state index in [0.29, 0.717) is 0 Å². The van der Waals surface area contributed by atoms with Gasteiger partial charge in [0.15, 0.2) is 0 Å². The summed E-state index contributed by atoms with van der Waals surface area (Å²) in [4.78, 5) is 9.90. The van der Waals surface area contributed by atoms with Crippen LogP contribution in [-0.4, -0.2) is 17.5 Å². The average molecular weight is 138 g/mol. The third-order valence-electron chi connectivity index (χ3n) is 0.953. The van der Waals surface area contributed by atoms with Crippen molar-refractivity contribution in [2.75, 3.05) is 0 Å². The maximum atomic E-state index is 11.4. The molecule has 0 aliphatic heterocycles. The van der Waals surface area contributed by atoms with Crippen LogP contribution < -0.4 is 0 Å². The standard InChI is InChI=1S/C5H8F2O2/c1-3(5(8)9)2-4(6)7/h3-4H,2H2,1H3,(H,8,9)/t3-/m1/s1. The van der Waals surface area contributed by atoms with Gasteiger partial charge in [-0.1, -0.05) is 6.92 Å². The number of halogens is 2. The van der Waals surface area contributed by atoms with Crippen molar-refractivity contribution in [1.82, 2.24) is 0 Å². The fraction of sp³-hybridized carbons (Fsp3) is 0.800. The minimum atomic E-state index is -2.52. The van der Waals surface area contributed by atoms with Crippen LogP contribution in [0.15, 0.2) is 0 Å². The van der Waals surface area contributed by atoms with Crippen LogP contribution in [0.5, 0.6) is 0 Å². The third kappa shape index (κ3) is 3.88. The molecule has 0 heterocycles. The van der Waals surface area contributed by atoms with Crippen LogP contribution in [0.1, 0.15) is 13.3 Å². The second-order valence-electron chi connectivity index (χ2n) is 1.87. The van der Waals surface area contributed by atoms with Crippen molar-refractivity contribution in [2.24, 2.45) is 5.92 Å². The molecular weight excluding hydrogens is 130 g/mol. The molecule has 0 saturated carbocycles. The van der Waals surface area contributed by atoms with Crippen molar-refractivity contribution >= 4 is 5.97 Å². The van der Waals surface area contributed by atoms with Crippen LogP contribution in [0.25, 0.3) is 0 Å². The van der Waals surface area contributed by atoms with E-state index < -0.39 is 24.7 Å². The van der Waals surface area contributed by atoms with E-state index >= 15 is 0 Å². The Morgan fingerprint density at radius 3 is 2.22 bits per heavy atom. The molecule has 54 valence electrons. The van der Waals surface area contributed by atoms with E-state index in [9.17, 15) is 13.6 Å². The van der Waals surface area contributed by atoms with E-state index in [0.717, 1.165) is 0 Å². The molecule has 9 heavy (non-hydrogen) atoms. The highest BCUT2D eigenvalue weighted by Crippen LogP contribution is 2.09. The lowest BCUT2D eigenvalue weighted by Crippen LogP contribution is -2.12. The lowest BCUT2D eigenvalue weighted by molar-refractivity contribution is -0.142. The Balaban J connectivity index is 3.50. The maximum Gasteiger partial charge on any atom is 0.306 e. The Kier molecular flexibility index (Phi) is 3.12. The van der Waals surface area contributed by atoms with Crippen molar-refractivity contribution in [3.05, 3.63) is 0 Å². The molecule has 0 saturated heterocycles. The topological polar surface area (TPSA) is 37.3 Å². The highest BCUT2D eigenvalue weighted by Gasteiger charge is 2.15. The van der Waals surface area contributed by atoms with Gasteiger partial charge in [0.05, 0.1) is 5.92 Å². The van der Waals surface area contributed by atoms with E-state index in [1.165, 1.54) is 6.92 Å². The minimum Gasteiger partial charge on any atom is -0.481 e. The molecule has 0 aromatic carbocycles. The predicted octanol–water partition coefficient (Wildman–Crippen LogP) is 1.36. The normalized spacial score (nSPS) is 13.8. The zero-order valence-corrected chi connectivity index (χ0v) is 4.97. The molecule has 0 amide bonds. The first kappa shape index (κ1) is 8.33. The van der Waals surface area contributed by atoms with Gasteiger partial charge in [0.25, 0.3) is 0 Å². The monoisotopic (exact) mass is 138 g/mol. The molecule has 4 heteroatoms. The number of aliphatic carboxylic acids is 1. The Morgan fingerprint density at radius 1 is 1.67 bits per heavy atom. The first-order chi connectivity index (χ1) is 4.04. The second-order valence-corrected chi connectivity index (χ2v) is 1.87. The molecule has 0 rings (SSSR count). The van der Waals surface area contributed by atoms with Crippen molar-refractivity contribution in [3.8, 4) is 0 Å². The van der Waals surface area contributed by atoms with Crippen LogP contribution in [-0.2, 0) is 4.79 Å². The van der Waals surface area contributed by atoms with Crippen LogP contribution in [0.4, 0.5) is 8.78 Å². The number of carbonyl (C=O) groups is 1. The van der Waals surface area contributed by atoms with Gasteiger partial charge in [-0.15, -0.1) is 0 Å².